The lowest BCUT2D eigenvalue weighted by Gasteiger charge is -2.30. The number of amides is 2. The minimum atomic E-state index is -0.645. The summed E-state index contributed by atoms with van der Waals surface area (Å²) in [7, 11) is 3.08. The quantitative estimate of drug-likeness (QED) is 0.514. The molecule has 2 aromatic rings. The first-order chi connectivity index (χ1) is 15.4. The van der Waals surface area contributed by atoms with Crippen molar-refractivity contribution >= 4 is 23.4 Å². The minimum absolute atomic E-state index is 0.196. The average Bonchev–Trinajstić information content (AvgIpc) is 2.81. The van der Waals surface area contributed by atoms with Crippen LogP contribution in [0, 0.1) is 0 Å². The molecule has 0 aromatic heterocycles. The zero-order chi connectivity index (χ0) is 23.5. The van der Waals surface area contributed by atoms with Crippen LogP contribution in [-0.4, -0.2) is 50.1 Å². The Hall–Kier alpha value is -2.93. The van der Waals surface area contributed by atoms with Gasteiger partial charge in [0.1, 0.15) is 23.3 Å². The van der Waals surface area contributed by atoms with Crippen LogP contribution in [0.25, 0.3) is 0 Å². The molecule has 0 radical (unpaired) electrons. The van der Waals surface area contributed by atoms with Crippen LogP contribution in [-0.2, 0) is 16.1 Å². The molecule has 2 aromatic carbocycles. The molecule has 32 heavy (non-hydrogen) atoms. The van der Waals surface area contributed by atoms with Gasteiger partial charge in [0, 0.05) is 36.3 Å². The second kappa shape index (κ2) is 12.8. The number of rotatable bonds is 12. The number of carbonyl (C=O) groups is 2. The van der Waals surface area contributed by atoms with Crippen LogP contribution >= 0.6 is 11.6 Å². The van der Waals surface area contributed by atoms with Crippen LogP contribution in [0.3, 0.4) is 0 Å². The van der Waals surface area contributed by atoms with Crippen molar-refractivity contribution in [1.82, 2.24) is 10.2 Å². The molecular formula is C24H31ClN2O5. The molecule has 7 nitrogen and oxygen atoms in total. The lowest BCUT2D eigenvalue weighted by atomic mass is 10.1. The molecule has 0 saturated carbocycles. The fourth-order valence-electron chi connectivity index (χ4n) is 3.19. The first-order valence-electron chi connectivity index (χ1n) is 10.6. The van der Waals surface area contributed by atoms with Gasteiger partial charge in [-0.2, -0.15) is 0 Å². The Bertz CT molecular complexity index is 883. The molecule has 1 N–H and O–H groups in total. The molecule has 1 atom stereocenters. The van der Waals surface area contributed by atoms with Gasteiger partial charge >= 0.3 is 0 Å². The Balaban J connectivity index is 2.24. The zero-order valence-corrected chi connectivity index (χ0v) is 19.8. The lowest BCUT2D eigenvalue weighted by Crippen LogP contribution is -2.50. The summed E-state index contributed by atoms with van der Waals surface area (Å²) in [5, 5.41) is 3.42. The van der Waals surface area contributed by atoms with E-state index in [2.05, 4.69) is 5.32 Å². The largest absolute Gasteiger partial charge is 0.496 e. The van der Waals surface area contributed by atoms with Gasteiger partial charge in [-0.25, -0.2) is 0 Å². The summed E-state index contributed by atoms with van der Waals surface area (Å²) in [5.74, 6) is 0.994. The summed E-state index contributed by atoms with van der Waals surface area (Å²) < 4.78 is 16.2. The van der Waals surface area contributed by atoms with Crippen molar-refractivity contribution in [2.45, 2.75) is 39.3 Å². The topological polar surface area (TPSA) is 77.1 Å². The van der Waals surface area contributed by atoms with Crippen LogP contribution < -0.4 is 19.5 Å². The average molecular weight is 463 g/mol. The summed E-state index contributed by atoms with van der Waals surface area (Å²) in [4.78, 5) is 27.5. The fraction of sp³-hybridized carbons (Fsp3) is 0.417. The molecule has 0 spiro atoms. The maximum Gasteiger partial charge on any atom is 0.261 e. The van der Waals surface area contributed by atoms with Gasteiger partial charge in [-0.3, -0.25) is 9.59 Å². The minimum Gasteiger partial charge on any atom is -0.496 e. The van der Waals surface area contributed by atoms with E-state index in [9.17, 15) is 9.59 Å². The molecule has 2 amide bonds. The monoisotopic (exact) mass is 462 g/mol. The van der Waals surface area contributed by atoms with Crippen LogP contribution in [0.4, 0.5) is 0 Å². The number of hydrogen-bond donors (Lipinski definition) is 1. The van der Waals surface area contributed by atoms with Gasteiger partial charge < -0.3 is 24.4 Å². The molecule has 0 heterocycles. The lowest BCUT2D eigenvalue weighted by molar-refractivity contribution is -0.143. The number of halogens is 1. The van der Waals surface area contributed by atoms with Crippen molar-refractivity contribution in [2.75, 3.05) is 27.4 Å². The highest BCUT2D eigenvalue weighted by atomic mass is 35.5. The third kappa shape index (κ3) is 7.05. The number of methoxy groups -OCH3 is 2. The Morgan fingerprint density at radius 1 is 1.03 bits per heavy atom. The van der Waals surface area contributed by atoms with Gasteiger partial charge in [0.05, 0.1) is 14.2 Å². The molecule has 174 valence electrons. The molecule has 0 saturated heterocycles. The third-order valence-electron chi connectivity index (χ3n) is 4.92. The Labute approximate surface area is 194 Å². The highest BCUT2D eigenvalue weighted by molar-refractivity contribution is 6.31. The Kier molecular flexibility index (Phi) is 10.1. The summed E-state index contributed by atoms with van der Waals surface area (Å²) in [6.07, 6.45) is 1.26. The van der Waals surface area contributed by atoms with E-state index in [1.807, 2.05) is 32.0 Å². The summed E-state index contributed by atoms with van der Waals surface area (Å²) >= 11 is 6.33. The van der Waals surface area contributed by atoms with Crippen LogP contribution in [0.15, 0.2) is 42.5 Å². The SMILES string of the molecule is CCCNC(=O)[C@@H](CC)N(Cc1ccccc1Cl)C(=O)COc1cc(OC)cc(OC)c1. The van der Waals surface area contributed by atoms with Crippen LogP contribution in [0.1, 0.15) is 32.3 Å². The number of nitrogens with one attached hydrogen (secondary N) is 1. The summed E-state index contributed by atoms with van der Waals surface area (Å²) in [5.41, 5.74) is 0.757. The number of benzene rings is 2. The highest BCUT2D eigenvalue weighted by Gasteiger charge is 2.29. The number of carbonyl (C=O) groups excluding carboxylic acids is 2. The van der Waals surface area contributed by atoms with Crippen molar-refractivity contribution in [3.05, 3.63) is 53.1 Å². The van der Waals surface area contributed by atoms with Crippen molar-refractivity contribution in [3.63, 3.8) is 0 Å². The first kappa shape index (κ1) is 25.3. The first-order valence-corrected chi connectivity index (χ1v) is 11.0. The number of nitrogens with zero attached hydrogens (tertiary/aromatic N) is 1. The summed E-state index contributed by atoms with van der Waals surface area (Å²) in [6, 6.07) is 11.7. The van der Waals surface area contributed by atoms with E-state index < -0.39 is 6.04 Å². The van der Waals surface area contributed by atoms with Gasteiger partial charge in [-0.1, -0.05) is 43.6 Å². The second-order valence-electron chi connectivity index (χ2n) is 7.17. The van der Waals surface area contributed by atoms with Crippen molar-refractivity contribution in [2.24, 2.45) is 0 Å². The maximum atomic E-state index is 13.2. The fourth-order valence-corrected chi connectivity index (χ4v) is 3.38. The van der Waals surface area contributed by atoms with E-state index in [1.54, 1.807) is 24.3 Å². The van der Waals surface area contributed by atoms with E-state index in [0.717, 1.165) is 12.0 Å². The van der Waals surface area contributed by atoms with E-state index in [-0.39, 0.29) is 25.0 Å². The van der Waals surface area contributed by atoms with E-state index in [0.29, 0.717) is 35.2 Å². The van der Waals surface area contributed by atoms with Gasteiger partial charge in [0.2, 0.25) is 5.91 Å². The van der Waals surface area contributed by atoms with Crippen LogP contribution in [0.2, 0.25) is 5.02 Å². The zero-order valence-electron chi connectivity index (χ0n) is 19.0. The molecule has 8 heteroatoms. The number of ether oxygens (including phenoxy) is 3. The van der Waals surface area contributed by atoms with E-state index in [1.165, 1.54) is 19.1 Å². The molecule has 0 bridgehead atoms. The van der Waals surface area contributed by atoms with Crippen molar-refractivity contribution < 1.29 is 23.8 Å². The smallest absolute Gasteiger partial charge is 0.261 e. The molecule has 0 aliphatic carbocycles. The second-order valence-corrected chi connectivity index (χ2v) is 7.57. The molecule has 0 aliphatic rings. The van der Waals surface area contributed by atoms with Gasteiger partial charge in [0.15, 0.2) is 6.61 Å². The summed E-state index contributed by atoms with van der Waals surface area (Å²) in [6.45, 7) is 4.34. The van der Waals surface area contributed by atoms with Gasteiger partial charge in [-0.15, -0.1) is 0 Å². The molecule has 0 unspecified atom stereocenters. The Morgan fingerprint density at radius 3 is 2.22 bits per heavy atom. The van der Waals surface area contributed by atoms with Crippen LogP contribution in [0.5, 0.6) is 17.2 Å². The maximum absolute atomic E-state index is 13.2. The Morgan fingerprint density at radius 2 is 1.66 bits per heavy atom. The molecule has 0 fully saturated rings. The number of hydrogen-bond acceptors (Lipinski definition) is 5. The van der Waals surface area contributed by atoms with E-state index >= 15 is 0 Å². The third-order valence-corrected chi connectivity index (χ3v) is 5.29. The standard InChI is InChI=1S/C24H31ClN2O5/c1-5-11-26-24(29)22(6-2)27(15-17-9-7-8-10-21(17)25)23(28)16-32-20-13-18(30-3)12-19(14-20)31-4/h7-10,12-14,22H,5-6,11,15-16H2,1-4H3,(H,26,29)/t22-/m1/s1. The van der Waals surface area contributed by atoms with E-state index in [4.69, 9.17) is 25.8 Å². The predicted octanol–water partition coefficient (Wildman–Crippen LogP) is 4.07. The predicted molar refractivity (Wildman–Crippen MR) is 124 cm³/mol. The van der Waals surface area contributed by atoms with Crippen molar-refractivity contribution in [3.8, 4) is 17.2 Å². The van der Waals surface area contributed by atoms with Gasteiger partial charge in [0.25, 0.3) is 5.91 Å². The van der Waals surface area contributed by atoms with Crippen molar-refractivity contribution in [1.29, 1.82) is 0 Å². The molecule has 0 aliphatic heterocycles. The molecule has 2 rings (SSSR count). The molecular weight excluding hydrogens is 432 g/mol. The normalized spacial score (nSPS) is 11.4. The van der Waals surface area contributed by atoms with Gasteiger partial charge in [-0.05, 0) is 24.5 Å². The highest BCUT2D eigenvalue weighted by Crippen LogP contribution is 2.27.